The maximum Gasteiger partial charge on any atom is 0.419 e. The van der Waals surface area contributed by atoms with Crippen molar-refractivity contribution < 1.29 is 17.9 Å². The maximum atomic E-state index is 12.8. The SMILES string of the molecule is FC(F)(F)c1ccccc1Oc1ccnc(CCl)c1. The van der Waals surface area contributed by atoms with Crippen molar-refractivity contribution in [2.45, 2.75) is 12.1 Å². The summed E-state index contributed by atoms with van der Waals surface area (Å²) >= 11 is 5.61. The smallest absolute Gasteiger partial charge is 0.419 e. The average Bonchev–Trinajstić information content (AvgIpc) is 2.38. The number of aromatic nitrogens is 1. The Morgan fingerprint density at radius 3 is 2.58 bits per heavy atom. The Kier molecular flexibility index (Phi) is 3.95. The van der Waals surface area contributed by atoms with E-state index in [2.05, 4.69) is 4.98 Å². The van der Waals surface area contributed by atoms with Crippen LogP contribution >= 0.6 is 11.6 Å². The highest BCUT2D eigenvalue weighted by molar-refractivity contribution is 6.16. The Hall–Kier alpha value is -1.75. The molecule has 0 saturated heterocycles. The van der Waals surface area contributed by atoms with Crippen molar-refractivity contribution in [3.05, 3.63) is 53.9 Å². The Bertz CT molecular complexity index is 572. The van der Waals surface area contributed by atoms with Crippen LogP contribution in [0.2, 0.25) is 0 Å². The summed E-state index contributed by atoms with van der Waals surface area (Å²) in [5, 5.41) is 0. The first-order valence-corrected chi connectivity index (χ1v) is 5.89. The standard InChI is InChI=1S/C13H9ClF3NO/c14-8-9-7-10(5-6-18-9)19-12-4-2-1-3-11(12)13(15,16)17/h1-7H,8H2. The fourth-order valence-electron chi connectivity index (χ4n) is 1.51. The van der Waals surface area contributed by atoms with Gasteiger partial charge in [-0.1, -0.05) is 12.1 Å². The van der Waals surface area contributed by atoms with E-state index in [9.17, 15) is 13.2 Å². The predicted molar refractivity (Wildman–Crippen MR) is 65.3 cm³/mol. The monoisotopic (exact) mass is 287 g/mol. The van der Waals surface area contributed by atoms with Gasteiger partial charge in [-0.15, -0.1) is 11.6 Å². The first-order valence-electron chi connectivity index (χ1n) is 5.35. The lowest BCUT2D eigenvalue weighted by Gasteiger charge is -2.13. The molecule has 0 spiro atoms. The molecule has 1 heterocycles. The van der Waals surface area contributed by atoms with Gasteiger partial charge in [-0.3, -0.25) is 4.98 Å². The Labute approximate surface area is 112 Å². The molecule has 0 atom stereocenters. The van der Waals surface area contributed by atoms with Gasteiger partial charge in [0.1, 0.15) is 11.5 Å². The zero-order valence-corrected chi connectivity index (χ0v) is 10.4. The second-order valence-corrected chi connectivity index (χ2v) is 3.98. The van der Waals surface area contributed by atoms with Crippen LogP contribution in [0.25, 0.3) is 0 Å². The number of hydrogen-bond donors (Lipinski definition) is 0. The molecule has 1 aromatic heterocycles. The zero-order chi connectivity index (χ0) is 13.9. The first kappa shape index (κ1) is 13.7. The lowest BCUT2D eigenvalue weighted by Crippen LogP contribution is -2.06. The highest BCUT2D eigenvalue weighted by Gasteiger charge is 2.34. The van der Waals surface area contributed by atoms with E-state index < -0.39 is 11.7 Å². The van der Waals surface area contributed by atoms with E-state index in [0.29, 0.717) is 5.69 Å². The van der Waals surface area contributed by atoms with Crippen LogP contribution in [0.1, 0.15) is 11.3 Å². The van der Waals surface area contributed by atoms with E-state index in [1.165, 1.54) is 36.5 Å². The van der Waals surface area contributed by atoms with Crippen molar-refractivity contribution in [2.75, 3.05) is 0 Å². The number of benzene rings is 1. The van der Waals surface area contributed by atoms with E-state index in [1.807, 2.05) is 0 Å². The Morgan fingerprint density at radius 2 is 1.89 bits per heavy atom. The van der Waals surface area contributed by atoms with Crippen LogP contribution < -0.4 is 4.74 Å². The number of rotatable bonds is 3. The van der Waals surface area contributed by atoms with Crippen LogP contribution in [0.4, 0.5) is 13.2 Å². The molecule has 0 fully saturated rings. The van der Waals surface area contributed by atoms with Gasteiger partial charge in [0.15, 0.2) is 0 Å². The quantitative estimate of drug-likeness (QED) is 0.768. The van der Waals surface area contributed by atoms with E-state index in [4.69, 9.17) is 16.3 Å². The average molecular weight is 288 g/mol. The second kappa shape index (κ2) is 5.48. The Balaban J connectivity index is 2.33. The van der Waals surface area contributed by atoms with E-state index >= 15 is 0 Å². The van der Waals surface area contributed by atoms with Gasteiger partial charge in [0, 0.05) is 12.3 Å². The molecule has 100 valence electrons. The van der Waals surface area contributed by atoms with Gasteiger partial charge in [0.25, 0.3) is 0 Å². The van der Waals surface area contributed by atoms with Gasteiger partial charge >= 0.3 is 6.18 Å². The van der Waals surface area contributed by atoms with Crippen molar-refractivity contribution in [1.29, 1.82) is 0 Å². The van der Waals surface area contributed by atoms with Crippen LogP contribution in [0, 0.1) is 0 Å². The molecule has 1 aromatic carbocycles. The summed E-state index contributed by atoms with van der Waals surface area (Å²) in [6.07, 6.45) is -3.03. The van der Waals surface area contributed by atoms with Gasteiger partial charge in [0.2, 0.25) is 0 Å². The van der Waals surface area contributed by atoms with Gasteiger partial charge < -0.3 is 4.74 Å². The number of ether oxygens (including phenoxy) is 1. The summed E-state index contributed by atoms with van der Waals surface area (Å²) in [5.74, 6) is 0.182. The fraction of sp³-hybridized carbons (Fsp3) is 0.154. The molecule has 2 nitrogen and oxygen atoms in total. The summed E-state index contributed by atoms with van der Waals surface area (Å²) in [7, 11) is 0. The number of nitrogens with zero attached hydrogens (tertiary/aromatic N) is 1. The van der Waals surface area contributed by atoms with Gasteiger partial charge in [-0.05, 0) is 18.2 Å². The predicted octanol–water partition coefficient (Wildman–Crippen LogP) is 4.63. The molecule has 0 amide bonds. The summed E-state index contributed by atoms with van der Waals surface area (Å²) < 4.78 is 43.6. The van der Waals surface area contributed by atoms with Crippen molar-refractivity contribution in [2.24, 2.45) is 0 Å². The third-order valence-electron chi connectivity index (χ3n) is 2.35. The molecular weight excluding hydrogens is 279 g/mol. The van der Waals surface area contributed by atoms with Crippen LogP contribution in [-0.2, 0) is 12.1 Å². The maximum absolute atomic E-state index is 12.8. The van der Waals surface area contributed by atoms with Crippen molar-refractivity contribution in [1.82, 2.24) is 4.98 Å². The molecule has 6 heteroatoms. The highest BCUT2D eigenvalue weighted by Crippen LogP contribution is 2.37. The van der Waals surface area contributed by atoms with Crippen LogP contribution in [0.5, 0.6) is 11.5 Å². The van der Waals surface area contributed by atoms with Gasteiger partial charge in [-0.2, -0.15) is 13.2 Å². The van der Waals surface area contributed by atoms with Gasteiger partial charge in [0.05, 0.1) is 17.1 Å². The number of halogens is 4. The molecular formula is C13H9ClF3NO. The topological polar surface area (TPSA) is 22.1 Å². The lowest BCUT2D eigenvalue weighted by molar-refractivity contribution is -0.138. The summed E-state index contributed by atoms with van der Waals surface area (Å²) in [4.78, 5) is 3.94. The van der Waals surface area contributed by atoms with E-state index in [0.717, 1.165) is 6.07 Å². The highest BCUT2D eigenvalue weighted by atomic mass is 35.5. The minimum absolute atomic E-state index is 0.165. The molecule has 2 rings (SSSR count). The molecule has 0 unspecified atom stereocenters. The summed E-state index contributed by atoms with van der Waals surface area (Å²) in [5.41, 5.74) is -0.289. The van der Waals surface area contributed by atoms with Crippen molar-refractivity contribution >= 4 is 11.6 Å². The third-order valence-corrected chi connectivity index (χ3v) is 2.62. The number of hydrogen-bond acceptors (Lipinski definition) is 2. The van der Waals surface area contributed by atoms with E-state index in [-0.39, 0.29) is 17.4 Å². The molecule has 0 aliphatic rings. The number of para-hydroxylation sites is 1. The summed E-state index contributed by atoms with van der Waals surface area (Å²) in [6.45, 7) is 0. The molecule has 19 heavy (non-hydrogen) atoms. The zero-order valence-electron chi connectivity index (χ0n) is 9.62. The molecule has 0 aliphatic heterocycles. The number of pyridine rings is 1. The largest absolute Gasteiger partial charge is 0.457 e. The van der Waals surface area contributed by atoms with Crippen LogP contribution in [-0.4, -0.2) is 4.98 Å². The molecule has 0 saturated carbocycles. The minimum Gasteiger partial charge on any atom is -0.457 e. The molecule has 0 aliphatic carbocycles. The van der Waals surface area contributed by atoms with Crippen molar-refractivity contribution in [3.63, 3.8) is 0 Å². The fourth-order valence-corrected chi connectivity index (χ4v) is 1.66. The summed E-state index contributed by atoms with van der Waals surface area (Å²) in [6, 6.07) is 8.01. The number of alkyl halides is 4. The second-order valence-electron chi connectivity index (χ2n) is 3.71. The minimum atomic E-state index is -4.46. The first-order chi connectivity index (χ1) is 9.00. The molecule has 0 radical (unpaired) electrons. The Morgan fingerprint density at radius 1 is 1.16 bits per heavy atom. The van der Waals surface area contributed by atoms with Crippen molar-refractivity contribution in [3.8, 4) is 11.5 Å². The molecule has 0 bridgehead atoms. The molecule has 0 N–H and O–H groups in total. The lowest BCUT2D eigenvalue weighted by atomic mass is 10.2. The van der Waals surface area contributed by atoms with Crippen LogP contribution in [0.3, 0.4) is 0 Å². The normalized spacial score (nSPS) is 11.4. The van der Waals surface area contributed by atoms with E-state index in [1.54, 1.807) is 0 Å². The molecule has 2 aromatic rings. The third kappa shape index (κ3) is 3.38. The van der Waals surface area contributed by atoms with Crippen LogP contribution in [0.15, 0.2) is 42.6 Å². The van der Waals surface area contributed by atoms with Gasteiger partial charge in [-0.25, -0.2) is 0 Å².